The lowest BCUT2D eigenvalue weighted by Gasteiger charge is -2.59. The van der Waals surface area contributed by atoms with Crippen LogP contribution in [0.3, 0.4) is 0 Å². The largest absolute Gasteiger partial charge is 0.462 e. The molecule has 2 aliphatic rings. The van der Waals surface area contributed by atoms with Gasteiger partial charge in [0.25, 0.3) is 0 Å². The Morgan fingerprint density at radius 1 is 1.16 bits per heavy atom. The Labute approximate surface area is 188 Å². The Balaban J connectivity index is 1.83. The summed E-state index contributed by atoms with van der Waals surface area (Å²) in [6, 6.07) is 10.4. The molecule has 1 heterocycles. The van der Waals surface area contributed by atoms with Crippen molar-refractivity contribution in [3.8, 4) is 0 Å². The van der Waals surface area contributed by atoms with Crippen molar-refractivity contribution < 1.29 is 14.4 Å². The molecule has 6 atom stereocenters. The van der Waals surface area contributed by atoms with Gasteiger partial charge in [-0.05, 0) is 58.4 Å². The second-order valence-electron chi connectivity index (χ2n) is 9.96. The fraction of sp³-hybridized carbons (Fsp3) is 0.667. The molecule has 6 unspecified atom stereocenters. The zero-order valence-corrected chi connectivity index (χ0v) is 20.3. The number of hydrogen-bond acceptors (Lipinski definition) is 4. The molecule has 0 N–H and O–H groups in total. The van der Waals surface area contributed by atoms with Crippen LogP contribution in [0.2, 0.25) is 0 Å². The molecule has 3 rings (SSSR count). The molecule has 0 spiro atoms. The van der Waals surface area contributed by atoms with E-state index in [0.717, 1.165) is 38.5 Å². The first-order valence-electron chi connectivity index (χ1n) is 12.1. The molecule has 1 fully saturated rings. The number of carbonyl (C=O) groups excluding carboxylic acids is 1. The van der Waals surface area contributed by atoms with Crippen molar-refractivity contribution in [3.05, 3.63) is 48.0 Å². The van der Waals surface area contributed by atoms with Crippen molar-refractivity contribution in [3.63, 3.8) is 0 Å². The third-order valence-electron chi connectivity index (χ3n) is 8.01. The Kier molecular flexibility index (Phi) is 7.64. The van der Waals surface area contributed by atoms with Gasteiger partial charge >= 0.3 is 5.97 Å². The molecule has 1 aromatic carbocycles. The lowest BCUT2D eigenvalue weighted by Crippen LogP contribution is -2.68. The van der Waals surface area contributed by atoms with Gasteiger partial charge in [0.15, 0.2) is 0 Å². The van der Waals surface area contributed by atoms with Crippen molar-refractivity contribution >= 4 is 5.97 Å². The standard InChI is InChI=1S/C27H41NO3/c1-7-26(5)19-24(30-25(29)23-17-13-10-14-18-23)20(3)27(6,8-2)28(26)31-21(4)22-15-11-9-12-16-22/h9-13,15-16,20-21,23-24H,7-8,14,17-19H2,1-6H3. The highest BCUT2D eigenvalue weighted by atomic mass is 16.7. The molecule has 31 heavy (non-hydrogen) atoms. The quantitative estimate of drug-likeness (QED) is 0.362. The fourth-order valence-corrected chi connectivity index (χ4v) is 5.24. The van der Waals surface area contributed by atoms with Crippen LogP contribution in [0.25, 0.3) is 0 Å². The summed E-state index contributed by atoms with van der Waals surface area (Å²) in [5.41, 5.74) is 0.729. The van der Waals surface area contributed by atoms with Crippen LogP contribution in [0.1, 0.15) is 91.7 Å². The van der Waals surface area contributed by atoms with Crippen molar-refractivity contribution in [2.24, 2.45) is 11.8 Å². The van der Waals surface area contributed by atoms with Gasteiger partial charge in [-0.3, -0.25) is 9.63 Å². The van der Waals surface area contributed by atoms with Gasteiger partial charge in [0.2, 0.25) is 0 Å². The summed E-state index contributed by atoms with van der Waals surface area (Å²) in [5, 5.41) is 2.26. The first-order chi connectivity index (χ1) is 14.7. The minimum Gasteiger partial charge on any atom is -0.462 e. The highest BCUT2D eigenvalue weighted by Crippen LogP contribution is 2.48. The zero-order valence-electron chi connectivity index (χ0n) is 20.3. The van der Waals surface area contributed by atoms with Crippen LogP contribution in [0, 0.1) is 11.8 Å². The van der Waals surface area contributed by atoms with Gasteiger partial charge in [0.05, 0.1) is 5.92 Å². The van der Waals surface area contributed by atoms with Crippen molar-refractivity contribution in [1.29, 1.82) is 0 Å². The van der Waals surface area contributed by atoms with Crippen molar-refractivity contribution in [2.45, 2.75) is 103 Å². The number of esters is 1. The second kappa shape index (κ2) is 9.87. The molecule has 1 aliphatic carbocycles. The number of nitrogens with zero attached hydrogens (tertiary/aromatic N) is 1. The van der Waals surface area contributed by atoms with Crippen LogP contribution in [0.5, 0.6) is 0 Å². The van der Waals surface area contributed by atoms with Gasteiger partial charge in [-0.25, -0.2) is 0 Å². The maximum atomic E-state index is 13.0. The van der Waals surface area contributed by atoms with Crippen LogP contribution in [-0.2, 0) is 14.4 Å². The molecule has 172 valence electrons. The van der Waals surface area contributed by atoms with Gasteiger partial charge in [-0.1, -0.05) is 63.3 Å². The Morgan fingerprint density at radius 3 is 2.45 bits per heavy atom. The molecule has 0 aromatic heterocycles. The summed E-state index contributed by atoms with van der Waals surface area (Å²) in [4.78, 5) is 19.7. The van der Waals surface area contributed by atoms with E-state index < -0.39 is 0 Å². The highest BCUT2D eigenvalue weighted by Gasteiger charge is 2.55. The van der Waals surface area contributed by atoms with Crippen molar-refractivity contribution in [1.82, 2.24) is 5.06 Å². The monoisotopic (exact) mass is 427 g/mol. The van der Waals surface area contributed by atoms with Gasteiger partial charge in [-0.15, -0.1) is 0 Å². The summed E-state index contributed by atoms with van der Waals surface area (Å²) in [6.07, 6.45) is 9.46. The van der Waals surface area contributed by atoms with E-state index in [1.807, 2.05) is 6.07 Å². The van der Waals surface area contributed by atoms with Gasteiger partial charge in [0, 0.05) is 23.4 Å². The second-order valence-corrected chi connectivity index (χ2v) is 9.96. The number of hydroxylamine groups is 2. The van der Waals surface area contributed by atoms with Gasteiger partial charge in [-0.2, -0.15) is 5.06 Å². The first-order valence-corrected chi connectivity index (χ1v) is 12.1. The lowest BCUT2D eigenvalue weighted by atomic mass is 9.69. The van der Waals surface area contributed by atoms with Crippen LogP contribution >= 0.6 is 0 Å². The Bertz CT molecular complexity index is 763. The number of benzene rings is 1. The molecule has 4 heteroatoms. The number of allylic oxidation sites excluding steroid dienone is 2. The minimum atomic E-state index is -0.233. The third kappa shape index (κ3) is 4.90. The molecule has 0 amide bonds. The molecule has 1 aromatic rings. The normalized spacial score (nSPS) is 35.0. The number of ether oxygens (including phenoxy) is 1. The average Bonchev–Trinajstić information content (AvgIpc) is 2.81. The van der Waals surface area contributed by atoms with Crippen molar-refractivity contribution in [2.75, 3.05) is 0 Å². The topological polar surface area (TPSA) is 38.8 Å². The molecule has 0 radical (unpaired) electrons. The number of piperidine rings is 1. The molecular formula is C27H41NO3. The first kappa shape index (κ1) is 24.0. The number of carbonyl (C=O) groups is 1. The number of hydrogen-bond donors (Lipinski definition) is 0. The SMILES string of the molecule is CCC1(C)CC(OC(=O)C2CC=CCC2)C(C)C(C)(CC)N1OC(C)c1ccccc1. The Hall–Kier alpha value is -1.65. The lowest BCUT2D eigenvalue weighted by molar-refractivity contribution is -0.336. The van der Waals surface area contributed by atoms with Crippen LogP contribution < -0.4 is 0 Å². The van der Waals surface area contributed by atoms with Gasteiger partial charge in [0.1, 0.15) is 12.2 Å². The predicted octanol–water partition coefficient (Wildman–Crippen LogP) is 6.63. The Morgan fingerprint density at radius 2 is 1.87 bits per heavy atom. The van der Waals surface area contributed by atoms with E-state index in [9.17, 15) is 4.79 Å². The van der Waals surface area contributed by atoms with Gasteiger partial charge < -0.3 is 4.74 Å². The zero-order chi connectivity index (χ0) is 22.6. The summed E-state index contributed by atoms with van der Waals surface area (Å²) < 4.78 is 6.22. The van der Waals surface area contributed by atoms with E-state index in [4.69, 9.17) is 9.57 Å². The van der Waals surface area contributed by atoms with E-state index in [1.54, 1.807) is 0 Å². The summed E-state index contributed by atoms with van der Waals surface area (Å²) in [6.45, 7) is 13.3. The summed E-state index contributed by atoms with van der Waals surface area (Å²) in [5.74, 6) is 0.152. The molecule has 1 saturated heterocycles. The maximum Gasteiger partial charge on any atom is 0.309 e. The van der Waals surface area contributed by atoms with Crippen LogP contribution in [-0.4, -0.2) is 28.2 Å². The summed E-state index contributed by atoms with van der Waals surface area (Å²) >= 11 is 0. The molecule has 4 nitrogen and oxygen atoms in total. The fourth-order valence-electron chi connectivity index (χ4n) is 5.24. The predicted molar refractivity (Wildman–Crippen MR) is 125 cm³/mol. The smallest absolute Gasteiger partial charge is 0.309 e. The minimum absolute atomic E-state index is 0.00495. The molecule has 0 bridgehead atoms. The van der Waals surface area contributed by atoms with E-state index in [-0.39, 0.29) is 41.1 Å². The molecule has 1 aliphatic heterocycles. The average molecular weight is 428 g/mol. The van der Waals surface area contributed by atoms with Crippen LogP contribution in [0.4, 0.5) is 0 Å². The summed E-state index contributed by atoms with van der Waals surface area (Å²) in [7, 11) is 0. The third-order valence-corrected chi connectivity index (χ3v) is 8.01. The van der Waals surface area contributed by atoms with E-state index in [0.29, 0.717) is 0 Å². The molecule has 0 saturated carbocycles. The van der Waals surface area contributed by atoms with Crippen LogP contribution in [0.15, 0.2) is 42.5 Å². The maximum absolute atomic E-state index is 13.0. The highest BCUT2D eigenvalue weighted by molar-refractivity contribution is 5.73. The van der Waals surface area contributed by atoms with E-state index in [2.05, 4.69) is 83.0 Å². The molecular weight excluding hydrogens is 386 g/mol. The van der Waals surface area contributed by atoms with E-state index in [1.165, 1.54) is 5.56 Å². The number of rotatable bonds is 7. The van der Waals surface area contributed by atoms with E-state index >= 15 is 0 Å².